The first-order valence-corrected chi connectivity index (χ1v) is 5.01. The van der Waals surface area contributed by atoms with Crippen molar-refractivity contribution < 1.29 is 4.79 Å². The van der Waals surface area contributed by atoms with Gasteiger partial charge in [-0.25, -0.2) is 0 Å². The molecule has 0 bridgehead atoms. The molecule has 0 spiro atoms. The Kier molecular flexibility index (Phi) is 2.68. The van der Waals surface area contributed by atoms with Gasteiger partial charge < -0.3 is 4.90 Å². The summed E-state index contributed by atoms with van der Waals surface area (Å²) in [5, 5.41) is 8.56. The normalized spacial score (nSPS) is 20.3. The smallest absolute Gasteiger partial charge is 0.224 e. The number of carbonyl (C=O) groups is 1. The SMILES string of the molecule is N#CCN1C[C@@H](c2ccccc2)CC1=O. The van der Waals surface area contributed by atoms with Crippen molar-refractivity contribution >= 4 is 5.91 Å². The Hall–Kier alpha value is -1.82. The lowest BCUT2D eigenvalue weighted by atomic mass is 9.99. The largest absolute Gasteiger partial charge is 0.329 e. The fourth-order valence-electron chi connectivity index (χ4n) is 1.96. The molecule has 1 aromatic carbocycles. The monoisotopic (exact) mass is 200 g/mol. The van der Waals surface area contributed by atoms with Crippen LogP contribution in [0.3, 0.4) is 0 Å². The third-order valence-electron chi connectivity index (χ3n) is 2.75. The summed E-state index contributed by atoms with van der Waals surface area (Å²) in [5.74, 6) is 0.345. The van der Waals surface area contributed by atoms with Crippen LogP contribution >= 0.6 is 0 Å². The Morgan fingerprint density at radius 3 is 2.80 bits per heavy atom. The van der Waals surface area contributed by atoms with E-state index in [1.807, 2.05) is 36.4 Å². The van der Waals surface area contributed by atoms with E-state index in [1.54, 1.807) is 4.90 Å². The van der Waals surface area contributed by atoms with E-state index in [-0.39, 0.29) is 18.4 Å². The van der Waals surface area contributed by atoms with E-state index < -0.39 is 0 Å². The van der Waals surface area contributed by atoms with E-state index in [0.29, 0.717) is 13.0 Å². The highest BCUT2D eigenvalue weighted by molar-refractivity contribution is 5.80. The zero-order chi connectivity index (χ0) is 10.7. The second-order valence-electron chi connectivity index (χ2n) is 3.74. The lowest BCUT2D eigenvalue weighted by Crippen LogP contribution is -2.25. The molecule has 1 aromatic rings. The third kappa shape index (κ3) is 1.99. The van der Waals surface area contributed by atoms with Crippen LogP contribution in [0.25, 0.3) is 0 Å². The minimum Gasteiger partial charge on any atom is -0.329 e. The molecule has 3 heteroatoms. The van der Waals surface area contributed by atoms with Crippen LogP contribution in [0.15, 0.2) is 30.3 Å². The summed E-state index contributed by atoms with van der Waals surface area (Å²) in [4.78, 5) is 13.1. The van der Waals surface area contributed by atoms with Gasteiger partial charge in [0.25, 0.3) is 0 Å². The molecule has 1 saturated heterocycles. The number of hydrogen-bond donors (Lipinski definition) is 0. The number of nitriles is 1. The van der Waals surface area contributed by atoms with E-state index in [0.717, 1.165) is 0 Å². The van der Waals surface area contributed by atoms with Crippen LogP contribution in [0.2, 0.25) is 0 Å². The maximum Gasteiger partial charge on any atom is 0.224 e. The predicted octanol–water partition coefficient (Wildman–Crippen LogP) is 1.53. The van der Waals surface area contributed by atoms with E-state index >= 15 is 0 Å². The molecule has 1 heterocycles. The van der Waals surface area contributed by atoms with Crippen molar-refractivity contribution in [3.8, 4) is 6.07 Å². The molecule has 76 valence electrons. The Morgan fingerprint density at radius 2 is 2.13 bits per heavy atom. The molecule has 1 aliphatic rings. The molecule has 0 N–H and O–H groups in total. The molecule has 0 aromatic heterocycles. The Labute approximate surface area is 88.9 Å². The molecule has 1 fully saturated rings. The quantitative estimate of drug-likeness (QED) is 0.679. The van der Waals surface area contributed by atoms with E-state index in [1.165, 1.54) is 5.56 Å². The Bertz CT molecular complexity index is 394. The number of hydrogen-bond acceptors (Lipinski definition) is 2. The molecule has 1 aliphatic heterocycles. The van der Waals surface area contributed by atoms with E-state index in [9.17, 15) is 4.79 Å². The maximum absolute atomic E-state index is 11.5. The molecule has 3 nitrogen and oxygen atoms in total. The molecule has 0 unspecified atom stereocenters. The molecular weight excluding hydrogens is 188 g/mol. The van der Waals surface area contributed by atoms with Gasteiger partial charge in [-0.15, -0.1) is 0 Å². The highest BCUT2D eigenvalue weighted by atomic mass is 16.2. The second kappa shape index (κ2) is 4.14. The second-order valence-corrected chi connectivity index (χ2v) is 3.74. The number of rotatable bonds is 2. The van der Waals surface area contributed by atoms with Gasteiger partial charge in [0, 0.05) is 18.9 Å². The van der Waals surface area contributed by atoms with Crippen molar-refractivity contribution in [2.45, 2.75) is 12.3 Å². The van der Waals surface area contributed by atoms with Gasteiger partial charge in [-0.1, -0.05) is 30.3 Å². The van der Waals surface area contributed by atoms with Crippen LogP contribution in [-0.2, 0) is 4.79 Å². The minimum absolute atomic E-state index is 0.0883. The highest BCUT2D eigenvalue weighted by Crippen LogP contribution is 2.27. The molecule has 15 heavy (non-hydrogen) atoms. The summed E-state index contributed by atoms with van der Waals surface area (Å²) in [7, 11) is 0. The fraction of sp³-hybridized carbons (Fsp3) is 0.333. The number of benzene rings is 1. The van der Waals surface area contributed by atoms with Crippen molar-refractivity contribution in [1.29, 1.82) is 5.26 Å². The van der Waals surface area contributed by atoms with Crippen LogP contribution in [0.4, 0.5) is 0 Å². The summed E-state index contributed by atoms with van der Waals surface area (Å²) < 4.78 is 0. The van der Waals surface area contributed by atoms with Crippen LogP contribution in [-0.4, -0.2) is 23.9 Å². The number of likely N-dealkylation sites (tertiary alicyclic amines) is 1. The van der Waals surface area contributed by atoms with Gasteiger partial charge in [0.15, 0.2) is 0 Å². The van der Waals surface area contributed by atoms with E-state index in [4.69, 9.17) is 5.26 Å². The number of nitrogens with zero attached hydrogens (tertiary/aromatic N) is 2. The molecule has 0 aliphatic carbocycles. The van der Waals surface area contributed by atoms with Gasteiger partial charge in [0.2, 0.25) is 5.91 Å². The zero-order valence-electron chi connectivity index (χ0n) is 8.39. The number of carbonyl (C=O) groups excluding carboxylic acids is 1. The highest BCUT2D eigenvalue weighted by Gasteiger charge is 2.29. The van der Waals surface area contributed by atoms with Crippen molar-refractivity contribution in [2.75, 3.05) is 13.1 Å². The third-order valence-corrected chi connectivity index (χ3v) is 2.75. The van der Waals surface area contributed by atoms with Crippen LogP contribution < -0.4 is 0 Å². The van der Waals surface area contributed by atoms with Crippen molar-refractivity contribution in [2.24, 2.45) is 0 Å². The molecular formula is C12H12N2O. The van der Waals surface area contributed by atoms with E-state index in [2.05, 4.69) is 0 Å². The van der Waals surface area contributed by atoms with Crippen LogP contribution in [0, 0.1) is 11.3 Å². The topological polar surface area (TPSA) is 44.1 Å². The zero-order valence-corrected chi connectivity index (χ0v) is 8.39. The average molecular weight is 200 g/mol. The Morgan fingerprint density at radius 1 is 1.40 bits per heavy atom. The van der Waals surface area contributed by atoms with Crippen LogP contribution in [0.1, 0.15) is 17.9 Å². The van der Waals surface area contributed by atoms with Gasteiger partial charge in [-0.3, -0.25) is 4.79 Å². The van der Waals surface area contributed by atoms with Gasteiger partial charge in [-0.05, 0) is 5.56 Å². The predicted molar refractivity (Wildman–Crippen MR) is 56.0 cm³/mol. The lowest BCUT2D eigenvalue weighted by molar-refractivity contribution is -0.127. The van der Waals surface area contributed by atoms with Gasteiger partial charge >= 0.3 is 0 Å². The summed E-state index contributed by atoms with van der Waals surface area (Å²) in [5.41, 5.74) is 1.19. The van der Waals surface area contributed by atoms with Gasteiger partial charge in [0.1, 0.15) is 6.54 Å². The summed E-state index contributed by atoms with van der Waals surface area (Å²) >= 11 is 0. The van der Waals surface area contributed by atoms with Crippen molar-refractivity contribution in [3.63, 3.8) is 0 Å². The first-order valence-electron chi connectivity index (χ1n) is 5.01. The van der Waals surface area contributed by atoms with Gasteiger partial charge in [-0.2, -0.15) is 5.26 Å². The maximum atomic E-state index is 11.5. The fourth-order valence-corrected chi connectivity index (χ4v) is 1.96. The van der Waals surface area contributed by atoms with Gasteiger partial charge in [0.05, 0.1) is 6.07 Å². The Balaban J connectivity index is 2.10. The number of amides is 1. The molecule has 1 atom stereocenters. The summed E-state index contributed by atoms with van der Waals surface area (Å²) in [6.45, 7) is 0.887. The molecule has 2 rings (SSSR count). The van der Waals surface area contributed by atoms with Crippen molar-refractivity contribution in [3.05, 3.63) is 35.9 Å². The van der Waals surface area contributed by atoms with Crippen molar-refractivity contribution in [1.82, 2.24) is 4.90 Å². The minimum atomic E-state index is 0.0883. The lowest BCUT2D eigenvalue weighted by Gasteiger charge is -2.12. The molecule has 0 radical (unpaired) electrons. The molecule has 1 amide bonds. The standard InChI is InChI=1S/C12H12N2O/c13-6-7-14-9-11(8-12(14)15)10-4-2-1-3-5-10/h1-5,11H,7-9H2/t11-/m0/s1. The summed E-state index contributed by atoms with van der Waals surface area (Å²) in [6, 6.07) is 12.0. The first kappa shape index (κ1) is 9.72. The molecule has 0 saturated carbocycles. The van der Waals surface area contributed by atoms with Crippen LogP contribution in [0.5, 0.6) is 0 Å². The first-order chi connectivity index (χ1) is 7.31. The summed E-state index contributed by atoms with van der Waals surface area (Å²) in [6.07, 6.45) is 0.533. The average Bonchev–Trinajstić information content (AvgIpc) is 2.63.